The first-order valence-corrected chi connectivity index (χ1v) is 7.44. The van der Waals surface area contributed by atoms with Gasteiger partial charge in [0.1, 0.15) is 5.69 Å². The van der Waals surface area contributed by atoms with Gasteiger partial charge in [0.05, 0.1) is 0 Å². The Balaban J connectivity index is 1.51. The zero-order valence-corrected chi connectivity index (χ0v) is 11.6. The second-order valence-corrected chi connectivity index (χ2v) is 5.85. The average molecular weight is 275 g/mol. The van der Waals surface area contributed by atoms with Crippen LogP contribution in [0.5, 0.6) is 0 Å². The van der Waals surface area contributed by atoms with E-state index >= 15 is 0 Å². The highest BCUT2D eigenvalue weighted by Crippen LogP contribution is 2.28. The Hall–Kier alpha value is -1.62. The predicted molar refractivity (Wildman–Crippen MR) is 76.7 cm³/mol. The fraction of sp³-hybridized carbons (Fsp3) is 0.600. The normalized spacial score (nSPS) is 20.1. The van der Waals surface area contributed by atoms with Crippen molar-refractivity contribution >= 4 is 5.91 Å². The number of nitrogens with one attached hydrogen (secondary N) is 2. The molecule has 1 saturated heterocycles. The molecular weight excluding hydrogens is 254 g/mol. The molecule has 2 fully saturated rings. The van der Waals surface area contributed by atoms with Gasteiger partial charge in [-0.1, -0.05) is 6.07 Å². The zero-order chi connectivity index (χ0) is 13.9. The number of hydrogen-bond donors (Lipinski definition) is 2. The monoisotopic (exact) mass is 275 g/mol. The number of likely N-dealkylation sites (tertiary alicyclic amines) is 1. The number of piperidine rings is 1. The molecule has 1 aromatic heterocycles. The van der Waals surface area contributed by atoms with E-state index in [0.717, 1.165) is 38.4 Å². The maximum atomic E-state index is 12.3. The molecule has 0 unspecified atom stereocenters. The number of pyridine rings is 1. The first-order chi connectivity index (χ1) is 9.72. The van der Waals surface area contributed by atoms with E-state index in [1.165, 1.54) is 18.9 Å². The van der Waals surface area contributed by atoms with E-state index in [4.69, 9.17) is 0 Å². The fourth-order valence-electron chi connectivity index (χ4n) is 2.68. The van der Waals surface area contributed by atoms with Crippen LogP contribution in [0.2, 0.25) is 0 Å². The lowest BCUT2D eigenvalue weighted by atomic mass is 10.0. The van der Waals surface area contributed by atoms with Crippen molar-refractivity contribution in [3.63, 3.8) is 0 Å². The van der Waals surface area contributed by atoms with Crippen molar-refractivity contribution in [3.05, 3.63) is 34.2 Å². The van der Waals surface area contributed by atoms with Crippen molar-refractivity contribution in [1.29, 1.82) is 0 Å². The molecule has 2 N–H and O–H groups in total. The molecule has 1 aromatic rings. The van der Waals surface area contributed by atoms with Crippen LogP contribution in [0.4, 0.5) is 0 Å². The Morgan fingerprint density at radius 3 is 2.65 bits per heavy atom. The second-order valence-electron chi connectivity index (χ2n) is 5.85. The van der Waals surface area contributed by atoms with Crippen LogP contribution in [0.3, 0.4) is 0 Å². The van der Waals surface area contributed by atoms with Crippen LogP contribution in [0.25, 0.3) is 0 Å². The lowest BCUT2D eigenvalue weighted by molar-refractivity contribution is 0.0698. The van der Waals surface area contributed by atoms with E-state index in [9.17, 15) is 9.59 Å². The molecule has 3 rings (SSSR count). The van der Waals surface area contributed by atoms with Crippen LogP contribution in [0.1, 0.15) is 36.2 Å². The predicted octanol–water partition coefficient (Wildman–Crippen LogP) is 0.979. The fourth-order valence-corrected chi connectivity index (χ4v) is 2.68. The number of H-pyrrole nitrogens is 1. The Bertz CT molecular complexity index is 528. The molecule has 1 aliphatic carbocycles. The van der Waals surface area contributed by atoms with Crippen LogP contribution in [0, 0.1) is 5.92 Å². The van der Waals surface area contributed by atoms with Crippen molar-refractivity contribution in [1.82, 2.24) is 15.2 Å². The molecule has 0 atom stereocenters. The summed E-state index contributed by atoms with van der Waals surface area (Å²) < 4.78 is 0. The van der Waals surface area contributed by atoms with Crippen LogP contribution >= 0.6 is 0 Å². The molecule has 108 valence electrons. The van der Waals surface area contributed by atoms with Crippen LogP contribution in [-0.2, 0) is 0 Å². The minimum absolute atomic E-state index is 0.0663. The highest BCUT2D eigenvalue weighted by molar-refractivity contribution is 5.92. The van der Waals surface area contributed by atoms with Crippen molar-refractivity contribution in [3.8, 4) is 0 Å². The Labute approximate surface area is 118 Å². The van der Waals surface area contributed by atoms with E-state index < -0.39 is 0 Å². The van der Waals surface area contributed by atoms with Gasteiger partial charge in [-0.25, -0.2) is 0 Å². The topological polar surface area (TPSA) is 65.2 Å². The number of carbonyl (C=O) groups excluding carboxylic acids is 1. The summed E-state index contributed by atoms with van der Waals surface area (Å²) in [5.74, 6) is 0.826. The minimum atomic E-state index is -0.225. The van der Waals surface area contributed by atoms with Crippen molar-refractivity contribution in [2.24, 2.45) is 5.92 Å². The highest BCUT2D eigenvalue weighted by Gasteiger charge is 2.26. The Morgan fingerprint density at radius 2 is 2.00 bits per heavy atom. The van der Waals surface area contributed by atoms with Gasteiger partial charge in [0, 0.05) is 25.2 Å². The number of carbonyl (C=O) groups is 1. The Morgan fingerprint density at radius 1 is 1.25 bits per heavy atom. The van der Waals surface area contributed by atoms with E-state index in [1.54, 1.807) is 12.1 Å². The molecule has 2 heterocycles. The van der Waals surface area contributed by atoms with E-state index in [2.05, 4.69) is 10.3 Å². The summed E-state index contributed by atoms with van der Waals surface area (Å²) >= 11 is 0. The molecular formula is C15H21N3O2. The summed E-state index contributed by atoms with van der Waals surface area (Å²) in [6.45, 7) is 2.65. The maximum absolute atomic E-state index is 12.3. The number of nitrogens with zero attached hydrogens (tertiary/aromatic N) is 1. The molecule has 5 heteroatoms. The number of aromatic amines is 1. The quantitative estimate of drug-likeness (QED) is 0.861. The summed E-state index contributed by atoms with van der Waals surface area (Å²) in [6.07, 6.45) is 4.72. The molecule has 5 nitrogen and oxygen atoms in total. The molecule has 0 radical (unpaired) electrons. The summed E-state index contributed by atoms with van der Waals surface area (Å²) in [6, 6.07) is 5.25. The Kier molecular flexibility index (Phi) is 3.87. The van der Waals surface area contributed by atoms with Crippen LogP contribution in [0.15, 0.2) is 23.0 Å². The van der Waals surface area contributed by atoms with Gasteiger partial charge in [-0.05, 0) is 44.2 Å². The first kappa shape index (κ1) is 13.4. The molecule has 2 aliphatic rings. The van der Waals surface area contributed by atoms with Gasteiger partial charge in [-0.2, -0.15) is 0 Å². The maximum Gasteiger partial charge on any atom is 0.270 e. The lowest BCUT2D eigenvalue weighted by Gasteiger charge is -2.32. The molecule has 0 bridgehead atoms. The molecule has 1 amide bonds. The van der Waals surface area contributed by atoms with Gasteiger partial charge in [0.15, 0.2) is 0 Å². The summed E-state index contributed by atoms with van der Waals surface area (Å²) in [5, 5.41) is 3.60. The third-order valence-electron chi connectivity index (χ3n) is 4.17. The molecule has 0 aromatic carbocycles. The average Bonchev–Trinajstić information content (AvgIpc) is 3.29. The number of hydrogen-bond acceptors (Lipinski definition) is 3. The molecule has 20 heavy (non-hydrogen) atoms. The van der Waals surface area contributed by atoms with Gasteiger partial charge >= 0.3 is 0 Å². The number of aromatic nitrogens is 1. The highest BCUT2D eigenvalue weighted by atomic mass is 16.2. The molecule has 0 spiro atoms. The minimum Gasteiger partial charge on any atom is -0.337 e. The van der Waals surface area contributed by atoms with Gasteiger partial charge in [-0.15, -0.1) is 0 Å². The van der Waals surface area contributed by atoms with Crippen molar-refractivity contribution in [2.45, 2.75) is 31.7 Å². The van der Waals surface area contributed by atoms with Crippen molar-refractivity contribution < 1.29 is 4.79 Å². The standard InChI is InChI=1S/C15H21N3O2/c19-14-3-1-2-13(17-14)15(20)18-8-6-12(7-9-18)16-10-11-4-5-11/h1-3,11-12,16H,4-10H2,(H,17,19). The van der Waals surface area contributed by atoms with Gasteiger partial charge in [-0.3, -0.25) is 9.59 Å². The van der Waals surface area contributed by atoms with E-state index in [-0.39, 0.29) is 11.5 Å². The smallest absolute Gasteiger partial charge is 0.270 e. The zero-order valence-electron chi connectivity index (χ0n) is 11.6. The lowest BCUT2D eigenvalue weighted by Crippen LogP contribution is -2.45. The summed E-state index contributed by atoms with van der Waals surface area (Å²) in [5.41, 5.74) is 0.165. The van der Waals surface area contributed by atoms with Crippen molar-refractivity contribution in [2.75, 3.05) is 19.6 Å². The van der Waals surface area contributed by atoms with Crippen LogP contribution in [-0.4, -0.2) is 41.5 Å². The largest absolute Gasteiger partial charge is 0.337 e. The molecule has 1 saturated carbocycles. The third-order valence-corrected chi connectivity index (χ3v) is 4.17. The number of amides is 1. The second kappa shape index (κ2) is 5.79. The molecule has 1 aliphatic heterocycles. The summed E-state index contributed by atoms with van der Waals surface area (Å²) in [4.78, 5) is 28.0. The van der Waals surface area contributed by atoms with E-state index in [0.29, 0.717) is 11.7 Å². The van der Waals surface area contributed by atoms with Gasteiger partial charge < -0.3 is 15.2 Å². The van der Waals surface area contributed by atoms with E-state index in [1.807, 2.05) is 4.90 Å². The van der Waals surface area contributed by atoms with Gasteiger partial charge in [0.2, 0.25) is 5.56 Å². The summed E-state index contributed by atoms with van der Waals surface area (Å²) in [7, 11) is 0. The third kappa shape index (κ3) is 3.28. The van der Waals surface area contributed by atoms with Gasteiger partial charge in [0.25, 0.3) is 5.91 Å². The number of rotatable bonds is 4. The SMILES string of the molecule is O=C(c1cccc(=O)[nH]1)N1CCC(NCC2CC2)CC1. The first-order valence-electron chi connectivity index (χ1n) is 7.44. The van der Waals surface area contributed by atoms with Crippen LogP contribution < -0.4 is 10.9 Å².